The Labute approximate surface area is 226 Å². The van der Waals surface area contributed by atoms with Crippen LogP contribution in [-0.2, 0) is 14.3 Å². The van der Waals surface area contributed by atoms with Crippen molar-refractivity contribution in [3.8, 4) is 11.8 Å². The number of nitrogens with two attached hydrogens (primary N) is 1. The van der Waals surface area contributed by atoms with Gasteiger partial charge in [-0.1, -0.05) is 6.08 Å². The summed E-state index contributed by atoms with van der Waals surface area (Å²) in [6, 6.07) is 3.83. The van der Waals surface area contributed by atoms with Crippen LogP contribution in [0.2, 0.25) is 0 Å². The van der Waals surface area contributed by atoms with Gasteiger partial charge < -0.3 is 25.0 Å². The third-order valence-corrected chi connectivity index (χ3v) is 7.01. The number of hydrogen-bond acceptors (Lipinski definition) is 8. The van der Waals surface area contributed by atoms with Crippen molar-refractivity contribution < 1.29 is 23.5 Å². The van der Waals surface area contributed by atoms with Crippen LogP contribution in [0.5, 0.6) is 5.75 Å². The van der Waals surface area contributed by atoms with Gasteiger partial charge in [-0.3, -0.25) is 14.6 Å². The van der Waals surface area contributed by atoms with Crippen molar-refractivity contribution in [1.82, 2.24) is 19.4 Å². The lowest BCUT2D eigenvalue weighted by atomic mass is 9.92. The summed E-state index contributed by atoms with van der Waals surface area (Å²) in [6.07, 6.45) is 8.74. The molecule has 2 saturated heterocycles. The van der Waals surface area contributed by atoms with Crippen LogP contribution in [0.25, 0.3) is 11.1 Å². The van der Waals surface area contributed by atoms with Crippen LogP contribution in [-0.4, -0.2) is 95.7 Å². The summed E-state index contributed by atoms with van der Waals surface area (Å²) in [5, 5.41) is 13.6. The van der Waals surface area contributed by atoms with Gasteiger partial charge in [-0.15, -0.1) is 0 Å². The van der Waals surface area contributed by atoms with Crippen LogP contribution in [0, 0.1) is 11.3 Å². The highest BCUT2D eigenvalue weighted by Crippen LogP contribution is 2.31. The Morgan fingerprint density at radius 2 is 2.03 bits per heavy atom. The van der Waals surface area contributed by atoms with E-state index < -0.39 is 11.6 Å². The minimum Gasteiger partial charge on any atom is -0.494 e. The fraction of sp³-hybridized carbons (Fsp3) is 0.444. The number of carbonyl (C=O) groups excluding carboxylic acids is 2. The molecule has 0 bridgehead atoms. The zero-order valence-corrected chi connectivity index (χ0v) is 22.3. The molecule has 2 amide bonds. The smallest absolute Gasteiger partial charge is 0.264 e. The molecule has 2 aliphatic rings. The van der Waals surface area contributed by atoms with E-state index >= 15 is 4.39 Å². The molecule has 12 heteroatoms. The maximum Gasteiger partial charge on any atom is 0.264 e. The van der Waals surface area contributed by atoms with Gasteiger partial charge >= 0.3 is 0 Å². The molecule has 0 spiro atoms. The Kier molecular flexibility index (Phi) is 8.30. The normalized spacial score (nSPS) is 18.3. The van der Waals surface area contributed by atoms with E-state index in [2.05, 4.69) is 11.2 Å². The largest absolute Gasteiger partial charge is 0.494 e. The number of rotatable bonds is 8. The average Bonchev–Trinajstić information content (AvgIpc) is 3.34. The number of aromatic nitrogens is 2. The molecule has 0 saturated carbocycles. The predicted molar refractivity (Wildman–Crippen MR) is 143 cm³/mol. The molecule has 2 aliphatic heterocycles. The van der Waals surface area contributed by atoms with E-state index in [4.69, 9.17) is 20.2 Å². The van der Waals surface area contributed by atoms with Crippen molar-refractivity contribution in [2.24, 2.45) is 10.7 Å². The number of pyridine rings is 1. The Bertz CT molecular complexity index is 1380. The number of halogens is 1. The zero-order chi connectivity index (χ0) is 28.2. The van der Waals surface area contributed by atoms with Crippen LogP contribution in [0.3, 0.4) is 0 Å². The molecule has 0 aromatic carbocycles. The molecule has 0 radical (unpaired) electrons. The van der Waals surface area contributed by atoms with Gasteiger partial charge in [0.1, 0.15) is 22.9 Å². The van der Waals surface area contributed by atoms with Gasteiger partial charge in [0.2, 0.25) is 11.6 Å². The van der Waals surface area contributed by atoms with E-state index in [1.165, 1.54) is 42.5 Å². The van der Waals surface area contributed by atoms with Crippen LogP contribution in [0.15, 0.2) is 41.8 Å². The summed E-state index contributed by atoms with van der Waals surface area (Å²) >= 11 is 0. The predicted octanol–water partition coefficient (Wildman–Crippen LogP) is 1.72. The third kappa shape index (κ3) is 5.63. The second-order valence-electron chi connectivity index (χ2n) is 9.60. The summed E-state index contributed by atoms with van der Waals surface area (Å²) in [7, 11) is 3.04. The molecule has 11 nitrogen and oxygen atoms in total. The first kappa shape index (κ1) is 27.8. The molecule has 0 atom stereocenters. The maximum absolute atomic E-state index is 15.2. The van der Waals surface area contributed by atoms with Crippen molar-refractivity contribution in [2.45, 2.75) is 31.5 Å². The van der Waals surface area contributed by atoms with Crippen LogP contribution < -0.4 is 10.5 Å². The van der Waals surface area contributed by atoms with Crippen LogP contribution in [0.1, 0.15) is 30.9 Å². The van der Waals surface area contributed by atoms with Crippen molar-refractivity contribution in [3.63, 3.8) is 0 Å². The van der Waals surface area contributed by atoms with E-state index in [-0.39, 0.29) is 31.6 Å². The molecular weight excluding hydrogens is 505 g/mol. The molecule has 2 N–H and O–H groups in total. The summed E-state index contributed by atoms with van der Waals surface area (Å²) in [6.45, 7) is 2.40. The van der Waals surface area contributed by atoms with E-state index in [1.54, 1.807) is 22.9 Å². The molecule has 0 unspecified atom stereocenters. The van der Waals surface area contributed by atoms with Gasteiger partial charge in [-0.05, 0) is 25.8 Å². The number of hydrogen-bond donors (Lipinski definition) is 1. The summed E-state index contributed by atoms with van der Waals surface area (Å²) in [5.41, 5.74) is 7.01. The minimum atomic E-state index is -2.05. The van der Waals surface area contributed by atoms with E-state index in [9.17, 15) is 14.9 Å². The number of nitrogens with zero attached hydrogens (tertiary/aromatic N) is 6. The van der Waals surface area contributed by atoms with Crippen molar-refractivity contribution in [2.75, 3.05) is 47.0 Å². The molecule has 4 rings (SSSR count). The highest BCUT2D eigenvalue weighted by molar-refractivity contribution is 6.22. The Hall–Kier alpha value is -4.24. The van der Waals surface area contributed by atoms with Gasteiger partial charge in [0, 0.05) is 55.5 Å². The van der Waals surface area contributed by atoms with Crippen molar-refractivity contribution >= 4 is 28.6 Å². The SMILES string of the molecule is COC/C=C/C(=O)N1CC(F)(C(=O)N2CCC(N=C(C)C(=CN)c3cc(OC)c4c(C#N)cnn4c3)CC2)C1. The van der Waals surface area contributed by atoms with Gasteiger partial charge in [0.05, 0.1) is 39.0 Å². The third-order valence-electron chi connectivity index (χ3n) is 7.01. The van der Waals surface area contributed by atoms with Gasteiger partial charge in [-0.2, -0.15) is 10.4 Å². The first-order valence-electron chi connectivity index (χ1n) is 12.6. The van der Waals surface area contributed by atoms with Crippen LogP contribution >= 0.6 is 0 Å². The number of carbonyl (C=O) groups is 2. The molecule has 39 heavy (non-hydrogen) atoms. The van der Waals surface area contributed by atoms with Gasteiger partial charge in [-0.25, -0.2) is 8.91 Å². The monoisotopic (exact) mass is 537 g/mol. The number of alkyl halides is 1. The first-order valence-corrected chi connectivity index (χ1v) is 12.6. The maximum atomic E-state index is 15.2. The number of piperidine rings is 1. The highest BCUT2D eigenvalue weighted by Gasteiger charge is 2.53. The Morgan fingerprint density at radius 3 is 2.64 bits per heavy atom. The van der Waals surface area contributed by atoms with E-state index in [1.807, 2.05) is 6.92 Å². The molecule has 206 valence electrons. The molecule has 4 heterocycles. The molecule has 2 aromatic rings. The first-order chi connectivity index (χ1) is 18.7. The quantitative estimate of drug-likeness (QED) is 0.400. The number of amides is 2. The molecular formula is C27H32FN7O4. The van der Waals surface area contributed by atoms with E-state index in [0.29, 0.717) is 54.0 Å². The summed E-state index contributed by atoms with van der Waals surface area (Å²) < 4.78 is 27.1. The molecule has 2 fully saturated rings. The minimum absolute atomic E-state index is 0.0644. The number of ether oxygens (including phenoxy) is 2. The lowest BCUT2D eigenvalue weighted by Crippen LogP contribution is -2.68. The standard InChI is InChI=1S/C27H32FN7O4/c1-18(22(13-30)19-11-23(39-3)25-20(12-29)14-31-35(25)15-19)32-21-6-8-33(9-7-21)26(37)27(28)16-34(17-27)24(36)5-4-10-38-2/h4-5,11,13-15,21H,6-10,16-17,30H2,1-3H3/b5-4+,22-13?,32-18?. The second kappa shape index (κ2) is 11.7. The Morgan fingerprint density at radius 1 is 1.31 bits per heavy atom. The summed E-state index contributed by atoms with van der Waals surface area (Å²) in [4.78, 5) is 32.6. The summed E-state index contributed by atoms with van der Waals surface area (Å²) in [5.74, 6) is -0.427. The molecule has 0 aliphatic carbocycles. The van der Waals surface area contributed by atoms with Crippen molar-refractivity contribution in [1.29, 1.82) is 5.26 Å². The fourth-order valence-corrected chi connectivity index (χ4v) is 4.92. The lowest BCUT2D eigenvalue weighted by Gasteiger charge is -2.45. The number of fused-ring (bicyclic) bond motifs is 1. The number of allylic oxidation sites excluding steroid dienone is 1. The average molecular weight is 538 g/mol. The fourth-order valence-electron chi connectivity index (χ4n) is 4.92. The van der Waals surface area contributed by atoms with E-state index in [0.717, 1.165) is 5.56 Å². The van der Waals surface area contributed by atoms with Crippen LogP contribution in [0.4, 0.5) is 4.39 Å². The number of likely N-dealkylation sites (tertiary alicyclic amines) is 2. The topological polar surface area (TPSA) is 139 Å². The number of methoxy groups -OCH3 is 2. The second-order valence-corrected chi connectivity index (χ2v) is 9.60. The van der Waals surface area contributed by atoms with Gasteiger partial charge in [0.25, 0.3) is 5.91 Å². The number of nitriles is 1. The van der Waals surface area contributed by atoms with Gasteiger partial charge in [0.15, 0.2) is 0 Å². The number of aliphatic imine (C=N–C) groups is 1. The highest BCUT2D eigenvalue weighted by atomic mass is 19.1. The molecule has 2 aromatic heterocycles. The zero-order valence-electron chi connectivity index (χ0n) is 22.3. The lowest BCUT2D eigenvalue weighted by molar-refractivity contribution is -0.162. The Balaban J connectivity index is 1.38. The van der Waals surface area contributed by atoms with Crippen molar-refractivity contribution in [3.05, 3.63) is 47.9 Å².